The van der Waals surface area contributed by atoms with E-state index in [0.29, 0.717) is 11.3 Å². The van der Waals surface area contributed by atoms with Gasteiger partial charge in [0.1, 0.15) is 6.04 Å². The summed E-state index contributed by atoms with van der Waals surface area (Å²) in [5, 5.41) is 11.4. The first-order valence-electron chi connectivity index (χ1n) is 8.20. The summed E-state index contributed by atoms with van der Waals surface area (Å²) in [6.07, 6.45) is 0.765. The summed E-state index contributed by atoms with van der Waals surface area (Å²) in [5.74, 6) is -0.618. The third-order valence-corrected chi connectivity index (χ3v) is 8.72. The molecule has 0 aliphatic carbocycles. The molecule has 1 aliphatic heterocycles. The molecule has 1 aliphatic rings. The van der Waals surface area contributed by atoms with E-state index in [4.69, 9.17) is 0 Å². The lowest BCUT2D eigenvalue weighted by atomic mass is 10.0. The first-order chi connectivity index (χ1) is 12.7. The first-order valence-corrected chi connectivity index (χ1v) is 11.5. The van der Waals surface area contributed by atoms with Gasteiger partial charge in [-0.15, -0.1) is 11.3 Å². The molecule has 1 atom stereocenters. The molecule has 0 spiro atoms. The van der Waals surface area contributed by atoms with Crippen LogP contribution < -0.4 is 0 Å². The molecule has 1 aromatic carbocycles. The minimum atomic E-state index is -3.96. The molecule has 6 nitrogen and oxygen atoms in total. The van der Waals surface area contributed by atoms with Crippen LogP contribution in [0.5, 0.6) is 0 Å². The summed E-state index contributed by atoms with van der Waals surface area (Å²) >= 11 is 2.86. The Kier molecular flexibility index (Phi) is 5.49. The number of hydrogen-bond acceptors (Lipinski definition) is 6. The molecule has 144 valence electrons. The number of benzene rings is 1. The van der Waals surface area contributed by atoms with Crippen molar-refractivity contribution in [3.05, 3.63) is 41.3 Å². The van der Waals surface area contributed by atoms with Crippen molar-refractivity contribution in [2.45, 2.75) is 29.5 Å². The minimum Gasteiger partial charge on any atom is -0.480 e. The monoisotopic (exact) mass is 425 g/mol. The fraction of sp³-hybridized carbons (Fsp3) is 0.333. The third-order valence-electron chi connectivity index (χ3n) is 4.51. The molecule has 0 radical (unpaired) electrons. The number of aldehydes is 1. The number of nitrogens with zero attached hydrogens (tertiary/aromatic N) is 1. The van der Waals surface area contributed by atoms with Crippen LogP contribution >= 0.6 is 23.1 Å². The summed E-state index contributed by atoms with van der Waals surface area (Å²) in [7, 11) is -3.96. The Bertz CT molecular complexity index is 963. The predicted molar refractivity (Wildman–Crippen MR) is 107 cm³/mol. The quantitative estimate of drug-likeness (QED) is 0.740. The van der Waals surface area contributed by atoms with Crippen LogP contribution in [0.3, 0.4) is 0 Å². The molecule has 3 rings (SSSR count). The molecule has 27 heavy (non-hydrogen) atoms. The van der Waals surface area contributed by atoms with E-state index in [0.717, 1.165) is 21.0 Å². The van der Waals surface area contributed by atoms with E-state index in [-0.39, 0.29) is 11.4 Å². The van der Waals surface area contributed by atoms with Gasteiger partial charge in [-0.25, -0.2) is 8.42 Å². The molecular weight excluding hydrogens is 406 g/mol. The van der Waals surface area contributed by atoms with E-state index in [2.05, 4.69) is 0 Å². The lowest BCUT2D eigenvalue weighted by Crippen LogP contribution is -2.58. The van der Waals surface area contributed by atoms with E-state index in [1.807, 2.05) is 0 Å². The molecular formula is C18H19NO5S3. The van der Waals surface area contributed by atoms with E-state index in [9.17, 15) is 23.1 Å². The second-order valence-electron chi connectivity index (χ2n) is 6.66. The average Bonchev–Trinajstić information content (AvgIpc) is 3.09. The Hall–Kier alpha value is -1.68. The van der Waals surface area contributed by atoms with Gasteiger partial charge in [0.2, 0.25) is 10.0 Å². The fourth-order valence-corrected chi connectivity index (χ4v) is 7.16. The number of hydrogen-bond donors (Lipinski definition) is 1. The third kappa shape index (κ3) is 3.69. The van der Waals surface area contributed by atoms with Gasteiger partial charge < -0.3 is 5.11 Å². The van der Waals surface area contributed by atoms with E-state index < -0.39 is 26.8 Å². The summed E-state index contributed by atoms with van der Waals surface area (Å²) < 4.78 is 26.6. The van der Waals surface area contributed by atoms with Crippen LogP contribution in [-0.4, -0.2) is 53.2 Å². The SMILES string of the molecule is CC1(C)SCCN(S(=O)(=O)c2ccc(-c3sccc3C=O)cc2)[C@H]1C(=O)O. The molecule has 9 heteroatoms. The van der Waals surface area contributed by atoms with Crippen molar-refractivity contribution in [2.24, 2.45) is 0 Å². The molecule has 2 aromatic rings. The molecule has 0 bridgehead atoms. The lowest BCUT2D eigenvalue weighted by Gasteiger charge is -2.42. The van der Waals surface area contributed by atoms with Gasteiger partial charge in [0.25, 0.3) is 0 Å². The van der Waals surface area contributed by atoms with Crippen LogP contribution in [0.2, 0.25) is 0 Å². The van der Waals surface area contributed by atoms with Crippen molar-refractivity contribution >= 4 is 45.4 Å². The number of carbonyl (C=O) groups is 2. The molecule has 1 aromatic heterocycles. The molecule has 0 amide bonds. The smallest absolute Gasteiger partial charge is 0.323 e. The van der Waals surface area contributed by atoms with Gasteiger partial charge in [-0.3, -0.25) is 9.59 Å². The van der Waals surface area contributed by atoms with Crippen LogP contribution in [0.4, 0.5) is 0 Å². The van der Waals surface area contributed by atoms with E-state index >= 15 is 0 Å². The van der Waals surface area contributed by atoms with Gasteiger partial charge >= 0.3 is 5.97 Å². The highest BCUT2D eigenvalue weighted by atomic mass is 32.2. The number of rotatable bonds is 5. The first kappa shape index (κ1) is 20.1. The van der Waals surface area contributed by atoms with Gasteiger partial charge in [0.05, 0.1) is 4.90 Å². The van der Waals surface area contributed by atoms with Crippen LogP contribution in [0, 0.1) is 0 Å². The minimum absolute atomic E-state index is 0.0457. The zero-order chi connectivity index (χ0) is 19.8. The number of carboxylic acid groups (broad SMARTS) is 1. The van der Waals surface area contributed by atoms with Crippen molar-refractivity contribution in [3.8, 4) is 10.4 Å². The van der Waals surface area contributed by atoms with Crippen molar-refractivity contribution in [3.63, 3.8) is 0 Å². The standard InChI is InChI=1S/C18H19NO5S3/c1-18(2)16(17(21)22)19(8-10-26-18)27(23,24)14-5-3-12(4-6-14)15-13(11-20)7-9-25-15/h3-7,9,11,16H,8,10H2,1-2H3,(H,21,22)/t16-/m0/s1. The Morgan fingerprint density at radius 3 is 2.52 bits per heavy atom. The summed E-state index contributed by atoms with van der Waals surface area (Å²) in [6.45, 7) is 3.65. The second-order valence-corrected chi connectivity index (χ2v) is 11.2. The van der Waals surface area contributed by atoms with Gasteiger partial charge in [0, 0.05) is 27.5 Å². The van der Waals surface area contributed by atoms with Crippen LogP contribution in [0.1, 0.15) is 24.2 Å². The normalized spacial score (nSPS) is 20.3. The maximum absolute atomic E-state index is 13.1. The highest BCUT2D eigenvalue weighted by Gasteiger charge is 2.48. The summed E-state index contributed by atoms with van der Waals surface area (Å²) in [5.41, 5.74) is 1.30. The van der Waals surface area contributed by atoms with E-state index in [1.54, 1.807) is 37.4 Å². The van der Waals surface area contributed by atoms with Crippen LogP contribution in [0.15, 0.2) is 40.6 Å². The molecule has 1 N–H and O–H groups in total. The van der Waals surface area contributed by atoms with Gasteiger partial charge in [-0.2, -0.15) is 16.1 Å². The van der Waals surface area contributed by atoms with Gasteiger partial charge in [0.15, 0.2) is 6.29 Å². The van der Waals surface area contributed by atoms with Crippen molar-refractivity contribution < 1.29 is 23.1 Å². The number of carbonyl (C=O) groups excluding carboxylic acids is 1. The molecule has 1 saturated heterocycles. The second kappa shape index (κ2) is 7.38. The van der Waals surface area contributed by atoms with Gasteiger partial charge in [-0.05, 0) is 43.0 Å². The Morgan fingerprint density at radius 2 is 1.93 bits per heavy atom. The Labute approximate surface area is 166 Å². The molecule has 2 heterocycles. The number of thioether (sulfide) groups is 1. The zero-order valence-corrected chi connectivity index (χ0v) is 17.2. The Balaban J connectivity index is 1.97. The predicted octanol–water partition coefficient (Wildman–Crippen LogP) is 3.20. The molecule has 0 saturated carbocycles. The summed E-state index contributed by atoms with van der Waals surface area (Å²) in [4.78, 5) is 23.7. The highest BCUT2D eigenvalue weighted by Crippen LogP contribution is 2.38. The van der Waals surface area contributed by atoms with Crippen LogP contribution in [-0.2, 0) is 14.8 Å². The Morgan fingerprint density at radius 1 is 1.26 bits per heavy atom. The number of carboxylic acids is 1. The molecule has 1 fully saturated rings. The number of thiophene rings is 1. The van der Waals surface area contributed by atoms with Crippen molar-refractivity contribution in [1.82, 2.24) is 4.31 Å². The maximum Gasteiger partial charge on any atom is 0.323 e. The molecule has 0 unspecified atom stereocenters. The van der Waals surface area contributed by atoms with Crippen LogP contribution in [0.25, 0.3) is 10.4 Å². The topological polar surface area (TPSA) is 91.8 Å². The largest absolute Gasteiger partial charge is 0.480 e. The van der Waals surface area contributed by atoms with E-state index in [1.165, 1.54) is 35.2 Å². The highest BCUT2D eigenvalue weighted by molar-refractivity contribution is 8.00. The number of aliphatic carboxylic acids is 1. The lowest BCUT2D eigenvalue weighted by molar-refractivity contribution is -0.142. The maximum atomic E-state index is 13.1. The van der Waals surface area contributed by atoms with Crippen molar-refractivity contribution in [2.75, 3.05) is 12.3 Å². The average molecular weight is 426 g/mol. The summed E-state index contributed by atoms with van der Waals surface area (Å²) in [6, 6.07) is 6.79. The zero-order valence-electron chi connectivity index (χ0n) is 14.8. The fourth-order valence-electron chi connectivity index (χ4n) is 3.19. The number of sulfonamides is 1. The van der Waals surface area contributed by atoms with Gasteiger partial charge in [-0.1, -0.05) is 12.1 Å². The van der Waals surface area contributed by atoms with Crippen molar-refractivity contribution in [1.29, 1.82) is 0 Å².